The number of carboxylic acid groups (broad SMARTS) is 1. The Morgan fingerprint density at radius 1 is 1.69 bits per heavy atom. The molecular weight excluding hydrogens is 170 g/mol. The van der Waals surface area contributed by atoms with E-state index in [1.165, 1.54) is 0 Å². The Morgan fingerprint density at radius 2 is 2.46 bits per heavy atom. The number of ether oxygens (including phenoxy) is 1. The van der Waals surface area contributed by atoms with Crippen molar-refractivity contribution in [2.75, 3.05) is 33.4 Å². The highest BCUT2D eigenvalue weighted by Gasteiger charge is 2.22. The van der Waals surface area contributed by atoms with Gasteiger partial charge in [-0.05, 0) is 18.9 Å². The van der Waals surface area contributed by atoms with Crippen LogP contribution in [0.1, 0.15) is 12.8 Å². The minimum Gasteiger partial charge on any atom is -0.481 e. The van der Waals surface area contributed by atoms with Crippen LogP contribution in [0.5, 0.6) is 0 Å². The standard InChI is InChI=1S/C9H17NO3/c1-13-7-8-2-4-10(6-8)5-3-9(11)12/h8H,2-7H2,1H3,(H,11,12)/t8-/m1/s1. The molecule has 1 rings (SSSR count). The molecule has 4 nitrogen and oxygen atoms in total. The van der Waals surface area contributed by atoms with Crippen molar-refractivity contribution in [2.45, 2.75) is 12.8 Å². The van der Waals surface area contributed by atoms with E-state index in [2.05, 4.69) is 4.90 Å². The summed E-state index contributed by atoms with van der Waals surface area (Å²) in [5.74, 6) is -0.117. The number of hydrogen-bond acceptors (Lipinski definition) is 3. The third-order valence-corrected chi connectivity index (χ3v) is 2.41. The van der Waals surface area contributed by atoms with E-state index in [1.807, 2.05) is 0 Å². The monoisotopic (exact) mass is 187 g/mol. The summed E-state index contributed by atoms with van der Waals surface area (Å²) < 4.78 is 5.06. The lowest BCUT2D eigenvalue weighted by atomic mass is 10.1. The minimum atomic E-state index is -0.713. The molecule has 13 heavy (non-hydrogen) atoms. The van der Waals surface area contributed by atoms with Crippen LogP contribution in [0.25, 0.3) is 0 Å². The van der Waals surface area contributed by atoms with Gasteiger partial charge in [-0.3, -0.25) is 4.79 Å². The zero-order chi connectivity index (χ0) is 9.68. The molecule has 0 bridgehead atoms. The zero-order valence-corrected chi connectivity index (χ0v) is 8.03. The van der Waals surface area contributed by atoms with Gasteiger partial charge in [0.15, 0.2) is 0 Å². The number of likely N-dealkylation sites (tertiary alicyclic amines) is 1. The van der Waals surface area contributed by atoms with Crippen LogP contribution in [0.3, 0.4) is 0 Å². The van der Waals surface area contributed by atoms with Crippen molar-refractivity contribution < 1.29 is 14.6 Å². The summed E-state index contributed by atoms with van der Waals surface area (Å²) in [4.78, 5) is 12.5. The SMILES string of the molecule is COC[C@@H]1CCN(CCC(=O)O)C1. The van der Waals surface area contributed by atoms with E-state index >= 15 is 0 Å². The fraction of sp³-hybridized carbons (Fsp3) is 0.889. The van der Waals surface area contributed by atoms with Crippen molar-refractivity contribution in [2.24, 2.45) is 5.92 Å². The molecule has 1 atom stereocenters. The van der Waals surface area contributed by atoms with Crippen molar-refractivity contribution >= 4 is 5.97 Å². The number of carboxylic acids is 1. The van der Waals surface area contributed by atoms with Crippen LogP contribution in [-0.2, 0) is 9.53 Å². The van der Waals surface area contributed by atoms with Gasteiger partial charge in [-0.1, -0.05) is 0 Å². The van der Waals surface area contributed by atoms with Gasteiger partial charge in [-0.2, -0.15) is 0 Å². The third-order valence-electron chi connectivity index (χ3n) is 2.41. The molecule has 1 heterocycles. The minimum absolute atomic E-state index is 0.250. The summed E-state index contributed by atoms with van der Waals surface area (Å²) in [6, 6.07) is 0. The number of carbonyl (C=O) groups is 1. The van der Waals surface area contributed by atoms with E-state index in [0.717, 1.165) is 26.1 Å². The molecule has 0 spiro atoms. The Hall–Kier alpha value is -0.610. The summed E-state index contributed by atoms with van der Waals surface area (Å²) in [7, 11) is 1.71. The van der Waals surface area contributed by atoms with Gasteiger partial charge in [0.05, 0.1) is 13.0 Å². The third kappa shape index (κ3) is 3.74. The first kappa shape index (κ1) is 10.5. The predicted molar refractivity (Wildman–Crippen MR) is 48.7 cm³/mol. The maximum atomic E-state index is 10.3. The highest BCUT2D eigenvalue weighted by atomic mass is 16.5. The van der Waals surface area contributed by atoms with Crippen LogP contribution < -0.4 is 0 Å². The molecule has 0 aromatic rings. The molecule has 4 heteroatoms. The Balaban J connectivity index is 2.13. The van der Waals surface area contributed by atoms with E-state index in [4.69, 9.17) is 9.84 Å². The summed E-state index contributed by atoms with van der Waals surface area (Å²) in [6.07, 6.45) is 1.38. The quantitative estimate of drug-likeness (QED) is 0.678. The Morgan fingerprint density at radius 3 is 3.08 bits per heavy atom. The molecule has 76 valence electrons. The lowest BCUT2D eigenvalue weighted by Gasteiger charge is -2.13. The van der Waals surface area contributed by atoms with Crippen molar-refractivity contribution in [1.82, 2.24) is 4.90 Å². The summed E-state index contributed by atoms with van der Waals surface area (Å²) in [5, 5.41) is 8.49. The zero-order valence-electron chi connectivity index (χ0n) is 8.03. The Kier molecular flexibility index (Phi) is 4.18. The van der Waals surface area contributed by atoms with Gasteiger partial charge in [0.25, 0.3) is 0 Å². The first-order valence-electron chi connectivity index (χ1n) is 4.65. The van der Waals surface area contributed by atoms with Gasteiger partial charge in [0, 0.05) is 20.2 Å². The number of methoxy groups -OCH3 is 1. The molecule has 0 radical (unpaired) electrons. The maximum Gasteiger partial charge on any atom is 0.304 e. The fourth-order valence-electron chi connectivity index (χ4n) is 1.74. The van der Waals surface area contributed by atoms with Gasteiger partial charge < -0.3 is 14.7 Å². The van der Waals surface area contributed by atoms with E-state index in [0.29, 0.717) is 12.5 Å². The van der Waals surface area contributed by atoms with E-state index < -0.39 is 5.97 Å². The smallest absolute Gasteiger partial charge is 0.304 e. The van der Waals surface area contributed by atoms with E-state index in [9.17, 15) is 4.79 Å². The van der Waals surface area contributed by atoms with Crippen molar-refractivity contribution in [3.63, 3.8) is 0 Å². The average Bonchev–Trinajstić information content (AvgIpc) is 2.50. The molecule has 1 fully saturated rings. The normalized spacial score (nSPS) is 23.6. The fourth-order valence-corrected chi connectivity index (χ4v) is 1.74. The molecule has 1 aliphatic heterocycles. The summed E-state index contributed by atoms with van der Waals surface area (Å²) >= 11 is 0. The maximum absolute atomic E-state index is 10.3. The predicted octanol–water partition coefficient (Wildman–Crippen LogP) is 0.429. The second-order valence-corrected chi connectivity index (χ2v) is 3.55. The van der Waals surface area contributed by atoms with Crippen LogP contribution in [0, 0.1) is 5.92 Å². The van der Waals surface area contributed by atoms with Crippen molar-refractivity contribution in [3.8, 4) is 0 Å². The van der Waals surface area contributed by atoms with Gasteiger partial charge >= 0.3 is 5.97 Å². The molecule has 0 unspecified atom stereocenters. The molecule has 0 aliphatic carbocycles. The molecule has 0 amide bonds. The first-order valence-corrected chi connectivity index (χ1v) is 4.65. The second kappa shape index (κ2) is 5.19. The molecule has 0 saturated carbocycles. The summed E-state index contributed by atoms with van der Waals surface area (Å²) in [5.41, 5.74) is 0. The van der Waals surface area contributed by atoms with Crippen LogP contribution in [-0.4, -0.2) is 49.3 Å². The Bertz CT molecular complexity index is 172. The number of rotatable bonds is 5. The molecule has 0 aromatic heterocycles. The lowest BCUT2D eigenvalue weighted by Crippen LogP contribution is -2.24. The van der Waals surface area contributed by atoms with Crippen molar-refractivity contribution in [3.05, 3.63) is 0 Å². The van der Waals surface area contributed by atoms with Gasteiger partial charge in [0.2, 0.25) is 0 Å². The number of hydrogen-bond donors (Lipinski definition) is 1. The highest BCUT2D eigenvalue weighted by Crippen LogP contribution is 2.16. The van der Waals surface area contributed by atoms with E-state index in [-0.39, 0.29) is 6.42 Å². The van der Waals surface area contributed by atoms with Crippen LogP contribution in [0.2, 0.25) is 0 Å². The topological polar surface area (TPSA) is 49.8 Å². The van der Waals surface area contributed by atoms with Crippen molar-refractivity contribution in [1.29, 1.82) is 0 Å². The first-order chi connectivity index (χ1) is 6.22. The average molecular weight is 187 g/mol. The number of aliphatic carboxylic acids is 1. The lowest BCUT2D eigenvalue weighted by molar-refractivity contribution is -0.137. The largest absolute Gasteiger partial charge is 0.481 e. The van der Waals surface area contributed by atoms with E-state index in [1.54, 1.807) is 7.11 Å². The summed E-state index contributed by atoms with van der Waals surface area (Å²) in [6.45, 7) is 3.47. The van der Waals surface area contributed by atoms with Crippen LogP contribution in [0.4, 0.5) is 0 Å². The highest BCUT2D eigenvalue weighted by molar-refractivity contribution is 5.66. The molecule has 1 aliphatic rings. The molecule has 1 saturated heterocycles. The molecule has 1 N–H and O–H groups in total. The van der Waals surface area contributed by atoms with Crippen LogP contribution in [0.15, 0.2) is 0 Å². The van der Waals surface area contributed by atoms with Gasteiger partial charge in [-0.25, -0.2) is 0 Å². The Labute approximate surface area is 78.5 Å². The van der Waals surface area contributed by atoms with Crippen LogP contribution >= 0.6 is 0 Å². The van der Waals surface area contributed by atoms with Gasteiger partial charge in [-0.15, -0.1) is 0 Å². The number of nitrogens with zero attached hydrogens (tertiary/aromatic N) is 1. The molecule has 0 aromatic carbocycles. The molecular formula is C9H17NO3. The van der Waals surface area contributed by atoms with Gasteiger partial charge in [0.1, 0.15) is 0 Å². The second-order valence-electron chi connectivity index (χ2n) is 3.55.